The summed E-state index contributed by atoms with van der Waals surface area (Å²) in [6.07, 6.45) is 10.8. The minimum atomic E-state index is -0.899. The number of allylic oxidation sites excluding steroid dienone is 1. The van der Waals surface area contributed by atoms with E-state index < -0.39 is 6.10 Å². The molecule has 4 heteroatoms. The number of benzene rings is 1. The van der Waals surface area contributed by atoms with Crippen LogP contribution < -0.4 is 5.32 Å². The zero-order chi connectivity index (χ0) is 21.5. The van der Waals surface area contributed by atoms with Crippen molar-refractivity contribution in [2.75, 3.05) is 6.54 Å². The van der Waals surface area contributed by atoms with Crippen LogP contribution in [0.1, 0.15) is 96.3 Å². The van der Waals surface area contributed by atoms with E-state index >= 15 is 0 Å². The second-order valence-corrected chi connectivity index (χ2v) is 7.61. The average molecular weight is 402 g/mol. The van der Waals surface area contributed by atoms with Gasteiger partial charge in [-0.1, -0.05) is 89.3 Å². The molecule has 1 amide bonds. The number of hydrogen-bond donors (Lipinski definition) is 1. The van der Waals surface area contributed by atoms with Gasteiger partial charge in [0.25, 0.3) is 5.91 Å². The molecule has 4 nitrogen and oxygen atoms in total. The van der Waals surface area contributed by atoms with Crippen LogP contribution in [0.3, 0.4) is 0 Å². The molecule has 0 bridgehead atoms. The third kappa shape index (κ3) is 9.29. The van der Waals surface area contributed by atoms with Crippen molar-refractivity contribution in [3.63, 3.8) is 0 Å². The van der Waals surface area contributed by atoms with Crippen LogP contribution in [0.25, 0.3) is 6.08 Å². The summed E-state index contributed by atoms with van der Waals surface area (Å²) in [5.41, 5.74) is 1.76. The van der Waals surface area contributed by atoms with Crippen molar-refractivity contribution in [3.8, 4) is 0 Å². The van der Waals surface area contributed by atoms with Crippen LogP contribution in [0.5, 0.6) is 0 Å². The molecular formula is C25H39NO3. The van der Waals surface area contributed by atoms with Crippen LogP contribution in [-0.2, 0) is 14.3 Å². The number of amides is 1. The molecule has 1 unspecified atom stereocenters. The molecule has 1 aromatic rings. The first-order chi connectivity index (χ1) is 14.1. The molecule has 1 rings (SSSR count). The minimum Gasteiger partial charge on any atom is -0.447 e. The van der Waals surface area contributed by atoms with Gasteiger partial charge in [0.05, 0.1) is 5.92 Å². The standard InChI is InChI=1S/C25H39NO3/c1-5-9-10-11-19-26-24(27)23(21-17-15-20(12-6-2)16-18-21)29-25(28)22(13-7-3)14-8-4/h6,12,15-18,22-23H,5,7-11,13-14,19H2,1-4H3,(H,26,27)/b12-6+. The highest BCUT2D eigenvalue weighted by molar-refractivity contribution is 5.85. The summed E-state index contributed by atoms with van der Waals surface area (Å²) >= 11 is 0. The van der Waals surface area contributed by atoms with Crippen molar-refractivity contribution in [1.29, 1.82) is 0 Å². The van der Waals surface area contributed by atoms with Crippen molar-refractivity contribution >= 4 is 18.0 Å². The Bertz CT molecular complexity index is 615. The monoisotopic (exact) mass is 401 g/mol. The minimum absolute atomic E-state index is 0.146. The lowest BCUT2D eigenvalue weighted by molar-refractivity contribution is -0.161. The Labute approximate surface area is 177 Å². The fourth-order valence-electron chi connectivity index (χ4n) is 3.39. The van der Waals surface area contributed by atoms with Crippen molar-refractivity contribution in [3.05, 3.63) is 41.5 Å². The van der Waals surface area contributed by atoms with Crippen LogP contribution in [0, 0.1) is 5.92 Å². The van der Waals surface area contributed by atoms with E-state index in [1.807, 2.05) is 43.3 Å². The van der Waals surface area contributed by atoms with E-state index in [0.717, 1.165) is 56.9 Å². The Morgan fingerprint density at radius 3 is 2.17 bits per heavy atom. The first-order valence-corrected chi connectivity index (χ1v) is 11.3. The van der Waals surface area contributed by atoms with Gasteiger partial charge in [-0.2, -0.15) is 0 Å². The number of unbranched alkanes of at least 4 members (excludes halogenated alkanes) is 3. The molecule has 0 saturated heterocycles. The number of carbonyl (C=O) groups is 2. The van der Waals surface area contributed by atoms with Gasteiger partial charge in [0.1, 0.15) is 0 Å². The summed E-state index contributed by atoms with van der Waals surface area (Å²) in [6.45, 7) is 8.87. The molecule has 162 valence electrons. The number of rotatable bonds is 14. The van der Waals surface area contributed by atoms with Gasteiger partial charge in [0, 0.05) is 12.1 Å². The Balaban J connectivity index is 2.91. The summed E-state index contributed by atoms with van der Waals surface area (Å²) < 4.78 is 5.77. The summed E-state index contributed by atoms with van der Waals surface area (Å²) in [5.74, 6) is -0.648. The van der Waals surface area contributed by atoms with E-state index in [1.54, 1.807) is 0 Å². The number of nitrogens with one attached hydrogen (secondary N) is 1. The van der Waals surface area contributed by atoms with Crippen molar-refractivity contribution in [1.82, 2.24) is 5.32 Å². The normalized spacial score (nSPS) is 12.3. The number of hydrogen-bond acceptors (Lipinski definition) is 3. The van der Waals surface area contributed by atoms with E-state index in [2.05, 4.69) is 26.1 Å². The van der Waals surface area contributed by atoms with Crippen molar-refractivity contribution in [2.45, 2.75) is 85.2 Å². The van der Waals surface area contributed by atoms with Crippen molar-refractivity contribution < 1.29 is 14.3 Å². The van der Waals surface area contributed by atoms with Crippen LogP contribution in [0.2, 0.25) is 0 Å². The number of carbonyl (C=O) groups excluding carboxylic acids is 2. The van der Waals surface area contributed by atoms with Gasteiger partial charge in [0.2, 0.25) is 6.10 Å². The Morgan fingerprint density at radius 1 is 0.966 bits per heavy atom. The van der Waals surface area contributed by atoms with E-state index in [4.69, 9.17) is 4.74 Å². The maximum Gasteiger partial charge on any atom is 0.310 e. The molecule has 0 aliphatic heterocycles. The highest BCUT2D eigenvalue weighted by Gasteiger charge is 2.28. The molecule has 1 N–H and O–H groups in total. The molecule has 0 fully saturated rings. The van der Waals surface area contributed by atoms with Crippen LogP contribution >= 0.6 is 0 Å². The quantitative estimate of drug-likeness (QED) is 0.297. The molecule has 1 aromatic carbocycles. The molecule has 0 radical (unpaired) electrons. The Kier molecular flexibility index (Phi) is 12.8. The fourth-order valence-corrected chi connectivity index (χ4v) is 3.39. The highest BCUT2D eigenvalue weighted by Crippen LogP contribution is 2.24. The third-order valence-corrected chi connectivity index (χ3v) is 5.01. The highest BCUT2D eigenvalue weighted by atomic mass is 16.5. The zero-order valence-corrected chi connectivity index (χ0v) is 18.7. The third-order valence-electron chi connectivity index (χ3n) is 5.01. The molecule has 0 aliphatic carbocycles. The zero-order valence-electron chi connectivity index (χ0n) is 18.7. The topological polar surface area (TPSA) is 55.4 Å². The number of ether oxygens (including phenoxy) is 1. The lowest BCUT2D eigenvalue weighted by Gasteiger charge is -2.22. The van der Waals surface area contributed by atoms with Crippen LogP contribution in [0.4, 0.5) is 0 Å². The predicted molar refractivity (Wildman–Crippen MR) is 120 cm³/mol. The summed E-state index contributed by atoms with van der Waals surface area (Å²) in [7, 11) is 0. The second kappa shape index (κ2) is 14.8. The van der Waals surface area contributed by atoms with E-state index in [-0.39, 0.29) is 17.8 Å². The lowest BCUT2D eigenvalue weighted by Crippen LogP contribution is -2.34. The van der Waals surface area contributed by atoms with Gasteiger partial charge in [-0.15, -0.1) is 0 Å². The maximum absolute atomic E-state index is 12.9. The fraction of sp³-hybridized carbons (Fsp3) is 0.600. The second-order valence-electron chi connectivity index (χ2n) is 7.61. The Morgan fingerprint density at radius 2 is 1.62 bits per heavy atom. The Hall–Kier alpha value is -2.10. The molecule has 0 saturated carbocycles. The molecule has 0 aliphatic rings. The molecule has 0 spiro atoms. The van der Waals surface area contributed by atoms with Gasteiger partial charge < -0.3 is 10.1 Å². The van der Waals surface area contributed by atoms with Gasteiger partial charge in [-0.3, -0.25) is 9.59 Å². The largest absolute Gasteiger partial charge is 0.447 e. The van der Waals surface area contributed by atoms with Gasteiger partial charge in [-0.05, 0) is 31.7 Å². The summed E-state index contributed by atoms with van der Waals surface area (Å²) in [5, 5.41) is 2.96. The van der Waals surface area contributed by atoms with Crippen molar-refractivity contribution in [2.24, 2.45) is 5.92 Å². The van der Waals surface area contributed by atoms with Gasteiger partial charge in [-0.25, -0.2) is 0 Å². The first kappa shape index (κ1) is 24.9. The SMILES string of the molecule is C/C=C/c1ccc(C(OC(=O)C(CCC)CCC)C(=O)NCCCCCC)cc1. The summed E-state index contributed by atoms with van der Waals surface area (Å²) in [4.78, 5) is 25.6. The first-order valence-electron chi connectivity index (χ1n) is 11.3. The summed E-state index contributed by atoms with van der Waals surface area (Å²) in [6, 6.07) is 7.64. The van der Waals surface area contributed by atoms with E-state index in [1.165, 1.54) is 0 Å². The smallest absolute Gasteiger partial charge is 0.310 e. The molecular weight excluding hydrogens is 362 g/mol. The average Bonchev–Trinajstić information content (AvgIpc) is 2.72. The maximum atomic E-state index is 12.9. The molecule has 29 heavy (non-hydrogen) atoms. The molecule has 0 heterocycles. The molecule has 0 aromatic heterocycles. The molecule has 1 atom stereocenters. The van der Waals surface area contributed by atoms with Crippen LogP contribution in [0.15, 0.2) is 30.3 Å². The van der Waals surface area contributed by atoms with Crippen LogP contribution in [-0.4, -0.2) is 18.4 Å². The van der Waals surface area contributed by atoms with E-state index in [9.17, 15) is 9.59 Å². The van der Waals surface area contributed by atoms with Gasteiger partial charge in [0.15, 0.2) is 0 Å². The lowest BCUT2D eigenvalue weighted by atomic mass is 9.98. The van der Waals surface area contributed by atoms with Gasteiger partial charge >= 0.3 is 5.97 Å². The van der Waals surface area contributed by atoms with E-state index in [0.29, 0.717) is 12.1 Å². The number of esters is 1. The predicted octanol–water partition coefficient (Wildman–Crippen LogP) is 6.22.